The Kier molecular flexibility index (Phi) is 3.71. The Labute approximate surface area is 113 Å². The number of imide groups is 1. The van der Waals surface area contributed by atoms with Crippen LogP contribution in [0.3, 0.4) is 0 Å². The van der Waals surface area contributed by atoms with E-state index in [1.165, 1.54) is 4.90 Å². The van der Waals surface area contributed by atoms with Crippen LogP contribution < -0.4 is 5.73 Å². The molecule has 0 bridgehead atoms. The van der Waals surface area contributed by atoms with Crippen molar-refractivity contribution in [2.45, 2.75) is 32.7 Å². The molecule has 1 saturated heterocycles. The zero-order chi connectivity index (χ0) is 14.0. The molecular weight excluding hydrogens is 240 g/mol. The van der Waals surface area contributed by atoms with Gasteiger partial charge in [-0.25, -0.2) is 0 Å². The second-order valence-electron chi connectivity index (χ2n) is 5.84. The molecule has 102 valence electrons. The number of benzene rings is 1. The van der Waals surface area contributed by atoms with E-state index in [1.807, 2.05) is 44.2 Å². The van der Waals surface area contributed by atoms with E-state index < -0.39 is 0 Å². The molecule has 4 heteroatoms. The molecule has 0 aromatic heterocycles. The summed E-state index contributed by atoms with van der Waals surface area (Å²) in [5.41, 5.74) is 6.44. The molecule has 0 saturated carbocycles. The summed E-state index contributed by atoms with van der Waals surface area (Å²) < 4.78 is 0. The maximum absolute atomic E-state index is 12.2. The van der Waals surface area contributed by atoms with Crippen molar-refractivity contribution in [3.63, 3.8) is 0 Å². The number of piperidine rings is 1. The van der Waals surface area contributed by atoms with Crippen LogP contribution in [0.2, 0.25) is 0 Å². The third kappa shape index (κ3) is 2.84. The summed E-state index contributed by atoms with van der Waals surface area (Å²) in [5, 5.41) is 0. The maximum atomic E-state index is 12.2. The number of likely N-dealkylation sites (tertiary alicyclic amines) is 1. The predicted molar refractivity (Wildman–Crippen MR) is 73.1 cm³/mol. The second kappa shape index (κ2) is 5.13. The minimum atomic E-state index is -0.350. The van der Waals surface area contributed by atoms with Crippen LogP contribution in [0.25, 0.3) is 0 Å². The largest absolute Gasteiger partial charge is 0.328 e. The molecular formula is C15H20N2O2. The molecule has 1 aliphatic rings. The second-order valence-corrected chi connectivity index (χ2v) is 5.84. The summed E-state index contributed by atoms with van der Waals surface area (Å²) in [6.45, 7) is 4.14. The van der Waals surface area contributed by atoms with E-state index in [9.17, 15) is 9.59 Å². The first kappa shape index (κ1) is 13.7. The van der Waals surface area contributed by atoms with Crippen molar-refractivity contribution in [3.05, 3.63) is 35.9 Å². The van der Waals surface area contributed by atoms with Crippen molar-refractivity contribution in [1.29, 1.82) is 0 Å². The molecule has 1 fully saturated rings. The molecule has 0 radical (unpaired) electrons. The summed E-state index contributed by atoms with van der Waals surface area (Å²) in [4.78, 5) is 25.8. The zero-order valence-electron chi connectivity index (χ0n) is 11.4. The monoisotopic (exact) mass is 260 g/mol. The fourth-order valence-corrected chi connectivity index (χ4v) is 2.60. The Hall–Kier alpha value is -1.68. The lowest BCUT2D eigenvalue weighted by atomic mass is 9.81. The molecule has 1 heterocycles. The molecule has 4 nitrogen and oxygen atoms in total. The van der Waals surface area contributed by atoms with Gasteiger partial charge in [-0.05, 0) is 11.0 Å². The molecule has 0 spiro atoms. The van der Waals surface area contributed by atoms with E-state index in [1.54, 1.807) is 0 Å². The van der Waals surface area contributed by atoms with Crippen LogP contribution in [0.4, 0.5) is 0 Å². The van der Waals surface area contributed by atoms with Gasteiger partial charge in [-0.15, -0.1) is 0 Å². The van der Waals surface area contributed by atoms with Gasteiger partial charge in [-0.1, -0.05) is 44.2 Å². The van der Waals surface area contributed by atoms with Crippen molar-refractivity contribution in [2.75, 3.05) is 6.54 Å². The molecule has 19 heavy (non-hydrogen) atoms. The minimum absolute atomic E-state index is 0.124. The van der Waals surface area contributed by atoms with Crippen molar-refractivity contribution >= 4 is 11.8 Å². The highest BCUT2D eigenvalue weighted by atomic mass is 16.2. The molecule has 2 N–H and O–H groups in total. The fraction of sp³-hybridized carbons (Fsp3) is 0.467. The molecule has 1 atom stereocenters. The molecule has 1 unspecified atom stereocenters. The first-order valence-corrected chi connectivity index (χ1v) is 6.54. The maximum Gasteiger partial charge on any atom is 0.230 e. The van der Waals surface area contributed by atoms with Crippen LogP contribution in [0.15, 0.2) is 30.3 Å². The number of amides is 2. The van der Waals surface area contributed by atoms with Crippen LogP contribution in [0.5, 0.6) is 0 Å². The quantitative estimate of drug-likeness (QED) is 0.844. The predicted octanol–water partition coefficient (Wildman–Crippen LogP) is 1.86. The zero-order valence-corrected chi connectivity index (χ0v) is 11.4. The Morgan fingerprint density at radius 3 is 2.16 bits per heavy atom. The van der Waals surface area contributed by atoms with Gasteiger partial charge in [0.1, 0.15) is 0 Å². The first-order chi connectivity index (χ1) is 8.94. The number of hydrogen-bond acceptors (Lipinski definition) is 3. The summed E-state index contributed by atoms with van der Waals surface area (Å²) in [5.74, 6) is -0.249. The number of nitrogens with zero attached hydrogens (tertiary/aromatic N) is 1. The topological polar surface area (TPSA) is 63.4 Å². The van der Waals surface area contributed by atoms with Gasteiger partial charge in [0.15, 0.2) is 0 Å². The van der Waals surface area contributed by atoms with Crippen molar-refractivity contribution < 1.29 is 9.59 Å². The molecule has 2 rings (SSSR count). The van der Waals surface area contributed by atoms with E-state index in [-0.39, 0.29) is 29.8 Å². The number of nitrogens with two attached hydrogens (primary N) is 1. The van der Waals surface area contributed by atoms with Crippen LogP contribution in [-0.2, 0) is 9.59 Å². The number of carbonyl (C=O) groups excluding carboxylic acids is 2. The van der Waals surface area contributed by atoms with Gasteiger partial charge in [-0.2, -0.15) is 0 Å². The van der Waals surface area contributed by atoms with Crippen molar-refractivity contribution in [2.24, 2.45) is 11.1 Å². The third-order valence-corrected chi connectivity index (χ3v) is 3.52. The van der Waals surface area contributed by atoms with Crippen LogP contribution in [0, 0.1) is 5.41 Å². The standard InChI is InChI=1S/C15H20N2O2/c1-15(2)8-13(18)17(14(19)9-15)12(10-16)11-6-4-3-5-7-11/h3-7,12H,8-10,16H2,1-2H3. The van der Waals surface area contributed by atoms with Crippen LogP contribution in [-0.4, -0.2) is 23.3 Å². The highest BCUT2D eigenvalue weighted by Gasteiger charge is 2.40. The van der Waals surface area contributed by atoms with Gasteiger partial charge >= 0.3 is 0 Å². The fourth-order valence-electron chi connectivity index (χ4n) is 2.60. The first-order valence-electron chi connectivity index (χ1n) is 6.54. The van der Waals surface area contributed by atoms with Gasteiger partial charge in [-0.3, -0.25) is 14.5 Å². The van der Waals surface area contributed by atoms with Gasteiger partial charge in [0.2, 0.25) is 11.8 Å². The van der Waals surface area contributed by atoms with Crippen molar-refractivity contribution in [1.82, 2.24) is 4.90 Å². The number of hydrogen-bond donors (Lipinski definition) is 1. The smallest absolute Gasteiger partial charge is 0.230 e. The Balaban J connectivity index is 2.29. The van der Waals surface area contributed by atoms with Gasteiger partial charge in [0.05, 0.1) is 6.04 Å². The van der Waals surface area contributed by atoms with E-state index in [0.717, 1.165) is 5.56 Å². The highest BCUT2D eigenvalue weighted by molar-refractivity contribution is 5.99. The lowest BCUT2D eigenvalue weighted by molar-refractivity contribution is -0.155. The molecule has 0 aliphatic carbocycles. The number of rotatable bonds is 3. The normalized spacial score (nSPS) is 20.5. The molecule has 1 aliphatic heterocycles. The summed E-state index contributed by atoms with van der Waals surface area (Å²) in [7, 11) is 0. The molecule has 2 amide bonds. The van der Waals surface area contributed by atoms with E-state index >= 15 is 0 Å². The molecule has 1 aromatic rings. The highest BCUT2D eigenvalue weighted by Crippen LogP contribution is 2.35. The van der Waals surface area contributed by atoms with Gasteiger partial charge in [0.25, 0.3) is 0 Å². The van der Waals surface area contributed by atoms with E-state index in [4.69, 9.17) is 5.73 Å². The Morgan fingerprint density at radius 1 is 1.16 bits per heavy atom. The molecule has 1 aromatic carbocycles. The lowest BCUT2D eigenvalue weighted by Crippen LogP contribution is -2.49. The van der Waals surface area contributed by atoms with E-state index in [2.05, 4.69) is 0 Å². The SMILES string of the molecule is CC1(C)CC(=O)N(C(CN)c2ccccc2)C(=O)C1. The Bertz CT molecular complexity index is 462. The third-order valence-electron chi connectivity index (χ3n) is 3.52. The van der Waals surface area contributed by atoms with Gasteiger partial charge < -0.3 is 5.73 Å². The van der Waals surface area contributed by atoms with Crippen molar-refractivity contribution in [3.8, 4) is 0 Å². The average Bonchev–Trinajstić information content (AvgIpc) is 2.33. The van der Waals surface area contributed by atoms with Crippen LogP contribution >= 0.6 is 0 Å². The average molecular weight is 260 g/mol. The lowest BCUT2D eigenvalue weighted by Gasteiger charge is -2.38. The number of carbonyl (C=O) groups is 2. The summed E-state index contributed by atoms with van der Waals surface area (Å²) in [6.07, 6.45) is 0.782. The summed E-state index contributed by atoms with van der Waals surface area (Å²) in [6, 6.07) is 9.13. The van der Waals surface area contributed by atoms with E-state index in [0.29, 0.717) is 12.8 Å². The summed E-state index contributed by atoms with van der Waals surface area (Å²) >= 11 is 0. The Morgan fingerprint density at radius 2 is 1.68 bits per heavy atom. The van der Waals surface area contributed by atoms with Crippen LogP contribution in [0.1, 0.15) is 38.3 Å². The minimum Gasteiger partial charge on any atom is -0.328 e. The van der Waals surface area contributed by atoms with Gasteiger partial charge in [0, 0.05) is 19.4 Å².